The van der Waals surface area contributed by atoms with Crippen molar-refractivity contribution in [3.8, 4) is 5.75 Å². The van der Waals surface area contributed by atoms with Crippen molar-refractivity contribution in [2.75, 3.05) is 19.0 Å². The number of hydrogen-bond acceptors (Lipinski definition) is 2. The number of benzene rings is 1. The Balaban J connectivity index is 1.96. The third-order valence-corrected chi connectivity index (χ3v) is 5.39. The highest BCUT2D eigenvalue weighted by Gasteiger charge is 2.30. The zero-order chi connectivity index (χ0) is 14.3. The maximum Gasteiger partial charge on any atom is 0.119 e. The van der Waals surface area contributed by atoms with Crippen LogP contribution >= 0.6 is 15.9 Å². The highest BCUT2D eigenvalue weighted by atomic mass is 79.9. The fourth-order valence-corrected chi connectivity index (χ4v) is 3.65. The molecule has 0 N–H and O–H groups in total. The summed E-state index contributed by atoms with van der Waals surface area (Å²) in [6.07, 6.45) is 7.96. The van der Waals surface area contributed by atoms with Crippen LogP contribution in [0.1, 0.15) is 44.1 Å². The Kier molecular flexibility index (Phi) is 6.37. The minimum absolute atomic E-state index is 0.313. The molecule has 1 aromatic carbocycles. The summed E-state index contributed by atoms with van der Waals surface area (Å²) < 4.78 is 11.3. The quantitative estimate of drug-likeness (QED) is 0.539. The molecular weight excluding hydrogens is 316 g/mol. The molecular formula is C17H25BrO2. The van der Waals surface area contributed by atoms with E-state index >= 15 is 0 Å². The summed E-state index contributed by atoms with van der Waals surface area (Å²) >= 11 is 3.72. The summed E-state index contributed by atoms with van der Waals surface area (Å²) in [6.45, 7) is 1.45. The van der Waals surface area contributed by atoms with Gasteiger partial charge in [0.2, 0.25) is 0 Å². The molecule has 0 atom stereocenters. The Bertz CT molecular complexity index is 398. The summed E-state index contributed by atoms with van der Waals surface area (Å²) in [4.78, 5) is 0. The van der Waals surface area contributed by atoms with E-state index in [4.69, 9.17) is 9.47 Å². The monoisotopic (exact) mass is 340 g/mol. The summed E-state index contributed by atoms with van der Waals surface area (Å²) in [5.74, 6) is 0.962. The zero-order valence-corrected chi connectivity index (χ0v) is 14.0. The number of halogens is 1. The van der Waals surface area contributed by atoms with Gasteiger partial charge in [-0.1, -0.05) is 53.7 Å². The maximum atomic E-state index is 6.10. The van der Waals surface area contributed by atoms with E-state index in [9.17, 15) is 0 Å². The standard InChI is InChI=1S/C17H25BrO2/c1-19-12-15-7-6-8-16(11-15)20-14-17(13-18)9-4-2-3-5-10-17/h6-8,11H,2-5,9-10,12-14H2,1H3. The van der Waals surface area contributed by atoms with Crippen LogP contribution in [0.15, 0.2) is 24.3 Å². The summed E-state index contributed by atoms with van der Waals surface area (Å²) in [5.41, 5.74) is 1.48. The van der Waals surface area contributed by atoms with Gasteiger partial charge in [0, 0.05) is 17.9 Å². The lowest BCUT2D eigenvalue weighted by atomic mass is 9.83. The van der Waals surface area contributed by atoms with E-state index in [1.807, 2.05) is 12.1 Å². The summed E-state index contributed by atoms with van der Waals surface area (Å²) in [5, 5.41) is 1.04. The Morgan fingerprint density at radius 2 is 1.90 bits per heavy atom. The van der Waals surface area contributed by atoms with E-state index in [1.165, 1.54) is 44.1 Å². The number of methoxy groups -OCH3 is 1. The number of alkyl halides is 1. The van der Waals surface area contributed by atoms with E-state index in [2.05, 4.69) is 28.1 Å². The highest BCUT2D eigenvalue weighted by Crippen LogP contribution is 2.37. The molecule has 1 fully saturated rings. The average Bonchev–Trinajstić information content (AvgIpc) is 2.72. The van der Waals surface area contributed by atoms with Gasteiger partial charge in [0.1, 0.15) is 5.75 Å². The molecule has 1 aliphatic rings. The average molecular weight is 341 g/mol. The Morgan fingerprint density at radius 1 is 1.15 bits per heavy atom. The number of ether oxygens (including phenoxy) is 2. The molecule has 0 unspecified atom stereocenters. The van der Waals surface area contributed by atoms with Gasteiger partial charge in [-0.05, 0) is 30.5 Å². The van der Waals surface area contributed by atoms with Crippen molar-refractivity contribution in [3.63, 3.8) is 0 Å². The fourth-order valence-electron chi connectivity index (χ4n) is 2.92. The fraction of sp³-hybridized carbons (Fsp3) is 0.647. The van der Waals surface area contributed by atoms with E-state index in [0.717, 1.165) is 17.7 Å². The third kappa shape index (κ3) is 4.49. The van der Waals surface area contributed by atoms with Crippen molar-refractivity contribution in [3.05, 3.63) is 29.8 Å². The lowest BCUT2D eigenvalue weighted by Crippen LogP contribution is -2.30. The summed E-state index contributed by atoms with van der Waals surface area (Å²) in [7, 11) is 1.72. The van der Waals surface area contributed by atoms with Gasteiger partial charge in [-0.25, -0.2) is 0 Å². The minimum atomic E-state index is 0.313. The first-order valence-electron chi connectivity index (χ1n) is 7.55. The molecule has 0 aromatic heterocycles. The van der Waals surface area contributed by atoms with Crippen LogP contribution in [0.3, 0.4) is 0 Å². The third-order valence-electron chi connectivity index (χ3n) is 4.20. The predicted octanol–water partition coefficient (Wildman–Crippen LogP) is 4.95. The molecule has 3 heteroatoms. The molecule has 20 heavy (non-hydrogen) atoms. The predicted molar refractivity (Wildman–Crippen MR) is 86.6 cm³/mol. The molecule has 1 saturated carbocycles. The molecule has 1 aromatic rings. The van der Waals surface area contributed by atoms with Gasteiger partial charge in [0.05, 0.1) is 13.2 Å². The first-order valence-corrected chi connectivity index (χ1v) is 8.67. The van der Waals surface area contributed by atoms with Crippen LogP contribution in [-0.2, 0) is 11.3 Å². The molecule has 112 valence electrons. The van der Waals surface area contributed by atoms with Crippen molar-refractivity contribution in [2.24, 2.45) is 5.41 Å². The lowest BCUT2D eigenvalue weighted by molar-refractivity contribution is 0.148. The first-order chi connectivity index (χ1) is 9.78. The molecule has 0 aliphatic heterocycles. The zero-order valence-electron chi connectivity index (χ0n) is 12.4. The second kappa shape index (κ2) is 8.04. The van der Waals surface area contributed by atoms with Gasteiger partial charge in [0.25, 0.3) is 0 Å². The van der Waals surface area contributed by atoms with Crippen molar-refractivity contribution in [2.45, 2.75) is 45.1 Å². The van der Waals surface area contributed by atoms with Gasteiger partial charge < -0.3 is 9.47 Å². The van der Waals surface area contributed by atoms with Crippen LogP contribution in [0.2, 0.25) is 0 Å². The van der Waals surface area contributed by atoms with Gasteiger partial charge in [-0.2, -0.15) is 0 Å². The van der Waals surface area contributed by atoms with Gasteiger partial charge >= 0.3 is 0 Å². The molecule has 2 rings (SSSR count). The van der Waals surface area contributed by atoms with Crippen molar-refractivity contribution < 1.29 is 9.47 Å². The van der Waals surface area contributed by atoms with E-state index in [1.54, 1.807) is 7.11 Å². The van der Waals surface area contributed by atoms with Crippen LogP contribution in [0.4, 0.5) is 0 Å². The van der Waals surface area contributed by atoms with Crippen LogP contribution in [0.25, 0.3) is 0 Å². The Hall–Kier alpha value is -0.540. The lowest BCUT2D eigenvalue weighted by Gasteiger charge is -2.30. The number of rotatable bonds is 6. The molecule has 0 heterocycles. The van der Waals surface area contributed by atoms with Crippen molar-refractivity contribution >= 4 is 15.9 Å². The highest BCUT2D eigenvalue weighted by molar-refractivity contribution is 9.09. The summed E-state index contributed by atoms with van der Waals surface area (Å²) in [6, 6.07) is 8.24. The van der Waals surface area contributed by atoms with E-state index in [0.29, 0.717) is 12.0 Å². The van der Waals surface area contributed by atoms with Gasteiger partial charge in [0.15, 0.2) is 0 Å². The minimum Gasteiger partial charge on any atom is -0.493 e. The smallest absolute Gasteiger partial charge is 0.119 e. The Labute approximate surface area is 131 Å². The van der Waals surface area contributed by atoms with Crippen LogP contribution in [0.5, 0.6) is 5.75 Å². The molecule has 2 nitrogen and oxygen atoms in total. The second-order valence-corrected chi connectivity index (χ2v) is 6.48. The second-order valence-electron chi connectivity index (χ2n) is 5.92. The largest absolute Gasteiger partial charge is 0.493 e. The molecule has 0 bridgehead atoms. The van der Waals surface area contributed by atoms with Gasteiger partial charge in [-0.3, -0.25) is 0 Å². The topological polar surface area (TPSA) is 18.5 Å². The molecule has 1 aliphatic carbocycles. The van der Waals surface area contributed by atoms with Gasteiger partial charge in [-0.15, -0.1) is 0 Å². The van der Waals surface area contributed by atoms with Crippen LogP contribution < -0.4 is 4.74 Å². The maximum absolute atomic E-state index is 6.10. The Morgan fingerprint density at radius 3 is 2.55 bits per heavy atom. The molecule has 0 amide bonds. The molecule has 0 saturated heterocycles. The van der Waals surface area contributed by atoms with Crippen LogP contribution in [0, 0.1) is 5.41 Å². The molecule has 0 radical (unpaired) electrons. The normalized spacial score (nSPS) is 18.5. The van der Waals surface area contributed by atoms with Crippen LogP contribution in [-0.4, -0.2) is 19.0 Å². The SMILES string of the molecule is COCc1cccc(OCC2(CBr)CCCCCC2)c1. The van der Waals surface area contributed by atoms with E-state index < -0.39 is 0 Å². The van der Waals surface area contributed by atoms with Crippen molar-refractivity contribution in [1.82, 2.24) is 0 Å². The first kappa shape index (κ1) is 15.8. The van der Waals surface area contributed by atoms with E-state index in [-0.39, 0.29) is 0 Å². The van der Waals surface area contributed by atoms with Crippen molar-refractivity contribution in [1.29, 1.82) is 0 Å². The number of hydrogen-bond donors (Lipinski definition) is 0. The molecule has 0 spiro atoms.